The molecule has 0 saturated carbocycles. The average molecular weight is 392 g/mol. The lowest BCUT2D eigenvalue weighted by Crippen LogP contribution is -2.17. The van der Waals surface area contributed by atoms with Gasteiger partial charge in [-0.05, 0) is 42.5 Å². The van der Waals surface area contributed by atoms with E-state index in [1.54, 1.807) is 6.92 Å². The topological polar surface area (TPSA) is 64.7 Å². The number of oxime groups is 1. The van der Waals surface area contributed by atoms with Crippen molar-refractivity contribution in [3.05, 3.63) is 70.8 Å². The Morgan fingerprint density at radius 2 is 1.61 bits per heavy atom. The van der Waals surface area contributed by atoms with Gasteiger partial charge in [-0.3, -0.25) is 0 Å². The first-order chi connectivity index (χ1) is 13.1. The number of halogens is 3. The van der Waals surface area contributed by atoms with Crippen molar-refractivity contribution in [2.75, 3.05) is 0 Å². The van der Waals surface area contributed by atoms with Gasteiger partial charge in [0.25, 0.3) is 0 Å². The first kappa shape index (κ1) is 21.5. The van der Waals surface area contributed by atoms with Crippen LogP contribution in [-0.4, -0.2) is 11.8 Å². The van der Waals surface area contributed by atoms with Gasteiger partial charge in [-0.15, -0.1) is 0 Å². The molecule has 28 heavy (non-hydrogen) atoms. The second-order valence-electron chi connectivity index (χ2n) is 7.02. The molecule has 0 radical (unpaired) electrons. The highest BCUT2D eigenvalue weighted by atomic mass is 19.4. The Hall–Kier alpha value is -2.83. The van der Waals surface area contributed by atoms with E-state index in [9.17, 15) is 18.0 Å². The van der Waals surface area contributed by atoms with Crippen LogP contribution in [0.4, 0.5) is 13.2 Å². The Morgan fingerprint density at radius 1 is 1.04 bits per heavy atom. The number of benzene rings is 2. The predicted octanol–water partition coefficient (Wildman–Crippen LogP) is 4.87. The minimum atomic E-state index is -4.43. The first-order valence-corrected chi connectivity index (χ1v) is 8.88. The Bertz CT molecular complexity index is 826. The van der Waals surface area contributed by atoms with E-state index in [0.29, 0.717) is 5.92 Å². The molecule has 0 unspecified atom stereocenters. The van der Waals surface area contributed by atoms with Crippen LogP contribution in [0.25, 0.3) is 0 Å². The van der Waals surface area contributed by atoms with Crippen molar-refractivity contribution in [2.24, 2.45) is 16.8 Å². The van der Waals surface area contributed by atoms with Gasteiger partial charge in [-0.1, -0.05) is 55.4 Å². The summed E-state index contributed by atoms with van der Waals surface area (Å²) in [4.78, 5) is 17.1. The maximum Gasteiger partial charge on any atom is 0.416 e. The second kappa shape index (κ2) is 8.91. The SMILES string of the molecule is CC(C)Cc1ccc([C@@H](C)C(=O)O/N=C(/N)c2ccc(C(F)(F)F)cc2)cc1. The van der Waals surface area contributed by atoms with Gasteiger partial charge in [0, 0.05) is 5.56 Å². The third kappa shape index (κ3) is 5.84. The molecule has 2 N–H and O–H groups in total. The molecule has 0 aromatic heterocycles. The molecule has 0 spiro atoms. The smallest absolute Gasteiger partial charge is 0.380 e. The summed E-state index contributed by atoms with van der Waals surface area (Å²) in [6, 6.07) is 11.8. The van der Waals surface area contributed by atoms with E-state index in [1.807, 2.05) is 24.3 Å². The van der Waals surface area contributed by atoms with Crippen LogP contribution in [0.2, 0.25) is 0 Å². The van der Waals surface area contributed by atoms with E-state index in [0.717, 1.165) is 24.1 Å². The largest absolute Gasteiger partial charge is 0.416 e. The minimum absolute atomic E-state index is 0.179. The normalized spacial score (nSPS) is 13.5. The number of nitrogens with zero attached hydrogens (tertiary/aromatic N) is 1. The summed E-state index contributed by atoms with van der Waals surface area (Å²) in [5.74, 6) is -0.805. The summed E-state index contributed by atoms with van der Waals surface area (Å²) < 4.78 is 37.7. The number of nitrogens with two attached hydrogens (primary N) is 1. The molecule has 1 atom stereocenters. The van der Waals surface area contributed by atoms with E-state index in [2.05, 4.69) is 19.0 Å². The average Bonchev–Trinajstić information content (AvgIpc) is 2.64. The van der Waals surface area contributed by atoms with Crippen LogP contribution >= 0.6 is 0 Å². The number of carbonyl (C=O) groups is 1. The standard InChI is InChI=1S/C21H23F3N2O2/c1-13(2)12-15-4-6-16(7-5-15)14(3)20(27)28-26-19(25)17-8-10-18(11-9-17)21(22,23)24/h4-11,13-14H,12H2,1-3H3,(H2,25,26)/t14-/m1/s1. The fourth-order valence-electron chi connectivity index (χ4n) is 2.61. The zero-order valence-electron chi connectivity index (χ0n) is 16.0. The van der Waals surface area contributed by atoms with E-state index >= 15 is 0 Å². The van der Waals surface area contributed by atoms with Crippen molar-refractivity contribution >= 4 is 11.8 Å². The number of amidine groups is 1. The second-order valence-corrected chi connectivity index (χ2v) is 7.02. The Morgan fingerprint density at radius 3 is 2.11 bits per heavy atom. The molecule has 0 bridgehead atoms. The zero-order chi connectivity index (χ0) is 20.9. The summed E-state index contributed by atoms with van der Waals surface area (Å²) in [6.07, 6.45) is -3.48. The summed E-state index contributed by atoms with van der Waals surface area (Å²) in [5, 5.41) is 3.55. The van der Waals surface area contributed by atoms with E-state index in [1.165, 1.54) is 17.7 Å². The first-order valence-electron chi connectivity index (χ1n) is 8.88. The molecule has 7 heteroatoms. The molecule has 0 aliphatic carbocycles. The van der Waals surface area contributed by atoms with Crippen LogP contribution in [0.5, 0.6) is 0 Å². The molecular formula is C21H23F3N2O2. The maximum atomic E-state index is 12.6. The van der Waals surface area contributed by atoms with Gasteiger partial charge in [0.1, 0.15) is 0 Å². The molecule has 2 aromatic rings. The Labute approximate surface area is 162 Å². The molecule has 2 aromatic carbocycles. The number of carbonyl (C=O) groups excluding carboxylic acids is 1. The summed E-state index contributed by atoms with van der Waals surface area (Å²) in [7, 11) is 0. The van der Waals surface area contributed by atoms with Gasteiger partial charge in [-0.25, -0.2) is 4.79 Å². The van der Waals surface area contributed by atoms with E-state index in [4.69, 9.17) is 10.6 Å². The van der Waals surface area contributed by atoms with Crippen LogP contribution in [0.1, 0.15) is 48.9 Å². The van der Waals surface area contributed by atoms with Crippen molar-refractivity contribution in [1.29, 1.82) is 0 Å². The molecule has 0 aliphatic rings. The molecular weight excluding hydrogens is 369 g/mol. The van der Waals surface area contributed by atoms with E-state index < -0.39 is 23.6 Å². The highest BCUT2D eigenvalue weighted by Crippen LogP contribution is 2.29. The van der Waals surface area contributed by atoms with Gasteiger partial charge in [-0.2, -0.15) is 13.2 Å². The van der Waals surface area contributed by atoms with Crippen LogP contribution in [0, 0.1) is 5.92 Å². The lowest BCUT2D eigenvalue weighted by molar-refractivity contribution is -0.145. The lowest BCUT2D eigenvalue weighted by Gasteiger charge is -2.11. The fraction of sp³-hybridized carbons (Fsp3) is 0.333. The van der Waals surface area contributed by atoms with Crippen molar-refractivity contribution in [1.82, 2.24) is 0 Å². The van der Waals surface area contributed by atoms with E-state index in [-0.39, 0.29) is 11.4 Å². The summed E-state index contributed by atoms with van der Waals surface area (Å²) >= 11 is 0. The monoisotopic (exact) mass is 392 g/mol. The van der Waals surface area contributed by atoms with Crippen LogP contribution in [0.15, 0.2) is 53.7 Å². The number of rotatable bonds is 6. The molecule has 0 heterocycles. The Kier molecular flexibility index (Phi) is 6.83. The Balaban J connectivity index is 2.01. The van der Waals surface area contributed by atoms with Crippen molar-refractivity contribution in [3.63, 3.8) is 0 Å². The third-order valence-electron chi connectivity index (χ3n) is 4.22. The highest BCUT2D eigenvalue weighted by molar-refractivity contribution is 5.97. The van der Waals surface area contributed by atoms with Crippen LogP contribution in [-0.2, 0) is 22.2 Å². The number of hydrogen-bond acceptors (Lipinski definition) is 3. The highest BCUT2D eigenvalue weighted by Gasteiger charge is 2.30. The minimum Gasteiger partial charge on any atom is -0.380 e. The molecule has 0 amide bonds. The van der Waals surface area contributed by atoms with Gasteiger partial charge in [0.2, 0.25) is 0 Å². The fourth-order valence-corrected chi connectivity index (χ4v) is 2.61. The lowest BCUT2D eigenvalue weighted by atomic mass is 9.97. The summed E-state index contributed by atoms with van der Waals surface area (Å²) in [6.45, 7) is 5.95. The molecule has 4 nitrogen and oxygen atoms in total. The van der Waals surface area contributed by atoms with Gasteiger partial charge >= 0.3 is 12.1 Å². The predicted molar refractivity (Wildman–Crippen MR) is 102 cm³/mol. The number of alkyl halides is 3. The maximum absolute atomic E-state index is 12.6. The summed E-state index contributed by atoms with van der Waals surface area (Å²) in [5.41, 5.74) is 7.09. The molecule has 150 valence electrons. The third-order valence-corrected chi connectivity index (χ3v) is 4.22. The molecule has 0 fully saturated rings. The van der Waals surface area contributed by atoms with Crippen molar-refractivity contribution in [3.8, 4) is 0 Å². The zero-order valence-corrected chi connectivity index (χ0v) is 16.0. The van der Waals surface area contributed by atoms with Crippen LogP contribution in [0.3, 0.4) is 0 Å². The molecule has 2 rings (SSSR count). The van der Waals surface area contributed by atoms with Gasteiger partial charge in [0.05, 0.1) is 11.5 Å². The van der Waals surface area contributed by atoms with Crippen molar-refractivity contribution in [2.45, 2.75) is 39.3 Å². The number of hydrogen-bond donors (Lipinski definition) is 1. The van der Waals surface area contributed by atoms with Gasteiger partial charge < -0.3 is 10.6 Å². The quantitative estimate of drug-likeness (QED) is 0.330. The van der Waals surface area contributed by atoms with Crippen LogP contribution < -0.4 is 5.73 Å². The van der Waals surface area contributed by atoms with Crippen molar-refractivity contribution < 1.29 is 22.8 Å². The molecule has 0 aliphatic heterocycles. The van der Waals surface area contributed by atoms with Gasteiger partial charge in [0.15, 0.2) is 5.84 Å². The molecule has 0 saturated heterocycles.